The molecule has 84 valence electrons. The standard InChI is InChI=1S/C12H19FN2/c1-3-4-5-8-15(2)12-7-6-10(13)9-11(12)14/h6-7,9H,3-5,8,14H2,1-2H3. The first-order valence-electron chi connectivity index (χ1n) is 5.41. The first-order chi connectivity index (χ1) is 7.15. The molecule has 2 N–H and O–H groups in total. The van der Waals surface area contributed by atoms with E-state index in [1.807, 2.05) is 7.05 Å². The molecule has 2 nitrogen and oxygen atoms in total. The summed E-state index contributed by atoms with van der Waals surface area (Å²) >= 11 is 0. The fourth-order valence-corrected chi connectivity index (χ4v) is 1.59. The molecule has 0 spiro atoms. The van der Waals surface area contributed by atoms with Crippen LogP contribution in [0.3, 0.4) is 0 Å². The van der Waals surface area contributed by atoms with Crippen molar-refractivity contribution in [1.82, 2.24) is 0 Å². The maximum Gasteiger partial charge on any atom is 0.125 e. The van der Waals surface area contributed by atoms with Crippen LogP contribution in [0.1, 0.15) is 26.2 Å². The zero-order valence-electron chi connectivity index (χ0n) is 9.46. The summed E-state index contributed by atoms with van der Waals surface area (Å²) < 4.78 is 12.8. The Labute approximate surface area is 90.9 Å². The van der Waals surface area contributed by atoms with Gasteiger partial charge in [-0.15, -0.1) is 0 Å². The third-order valence-corrected chi connectivity index (χ3v) is 2.50. The van der Waals surface area contributed by atoms with Gasteiger partial charge in [0, 0.05) is 13.6 Å². The third-order valence-electron chi connectivity index (χ3n) is 2.50. The zero-order valence-corrected chi connectivity index (χ0v) is 9.46. The molecule has 0 unspecified atom stereocenters. The van der Waals surface area contributed by atoms with Crippen molar-refractivity contribution in [2.75, 3.05) is 24.2 Å². The van der Waals surface area contributed by atoms with Gasteiger partial charge in [-0.2, -0.15) is 0 Å². The number of nitrogens with two attached hydrogens (primary N) is 1. The lowest BCUT2D eigenvalue weighted by Crippen LogP contribution is -2.19. The highest BCUT2D eigenvalue weighted by atomic mass is 19.1. The van der Waals surface area contributed by atoms with Crippen molar-refractivity contribution in [3.8, 4) is 0 Å². The average molecular weight is 210 g/mol. The van der Waals surface area contributed by atoms with E-state index in [1.54, 1.807) is 6.07 Å². The first kappa shape index (κ1) is 11.8. The average Bonchev–Trinajstić information content (AvgIpc) is 2.17. The Kier molecular flexibility index (Phi) is 4.40. The SMILES string of the molecule is CCCCCN(C)c1ccc(F)cc1N. The number of unbranched alkanes of at least 4 members (excludes halogenated alkanes) is 2. The molecule has 0 aliphatic rings. The predicted octanol–water partition coefficient (Wildman–Crippen LogP) is 3.03. The summed E-state index contributed by atoms with van der Waals surface area (Å²) in [6.07, 6.45) is 3.56. The topological polar surface area (TPSA) is 29.3 Å². The molecule has 1 aromatic carbocycles. The largest absolute Gasteiger partial charge is 0.397 e. The maximum absolute atomic E-state index is 12.8. The molecule has 3 heteroatoms. The summed E-state index contributed by atoms with van der Waals surface area (Å²) in [5.74, 6) is -0.279. The summed E-state index contributed by atoms with van der Waals surface area (Å²) in [5, 5.41) is 0. The molecule has 1 aromatic rings. The Hall–Kier alpha value is -1.25. The predicted molar refractivity (Wildman–Crippen MR) is 63.6 cm³/mol. The number of benzene rings is 1. The summed E-state index contributed by atoms with van der Waals surface area (Å²) in [6.45, 7) is 3.13. The lowest BCUT2D eigenvalue weighted by molar-refractivity contribution is 0.628. The van der Waals surface area contributed by atoms with Crippen molar-refractivity contribution in [2.24, 2.45) is 0 Å². The molecule has 0 atom stereocenters. The van der Waals surface area contributed by atoms with E-state index in [4.69, 9.17) is 5.73 Å². The second-order valence-corrected chi connectivity index (χ2v) is 3.83. The van der Waals surface area contributed by atoms with E-state index >= 15 is 0 Å². The Morgan fingerprint density at radius 3 is 2.67 bits per heavy atom. The minimum atomic E-state index is -0.279. The fraction of sp³-hybridized carbons (Fsp3) is 0.500. The van der Waals surface area contributed by atoms with Crippen LogP contribution < -0.4 is 10.6 Å². The quantitative estimate of drug-likeness (QED) is 0.598. The van der Waals surface area contributed by atoms with Gasteiger partial charge in [0.25, 0.3) is 0 Å². The molecule has 1 rings (SSSR count). The monoisotopic (exact) mass is 210 g/mol. The van der Waals surface area contributed by atoms with Crippen LogP contribution in [0.4, 0.5) is 15.8 Å². The lowest BCUT2D eigenvalue weighted by atomic mass is 10.2. The smallest absolute Gasteiger partial charge is 0.125 e. The van der Waals surface area contributed by atoms with Crippen molar-refractivity contribution in [1.29, 1.82) is 0 Å². The number of nitrogens with zero attached hydrogens (tertiary/aromatic N) is 1. The van der Waals surface area contributed by atoms with Gasteiger partial charge in [0.15, 0.2) is 0 Å². The summed E-state index contributed by atoms with van der Waals surface area (Å²) in [6, 6.07) is 4.55. The van der Waals surface area contributed by atoms with Gasteiger partial charge < -0.3 is 10.6 Å². The fourth-order valence-electron chi connectivity index (χ4n) is 1.59. The van der Waals surface area contributed by atoms with E-state index in [1.165, 1.54) is 25.0 Å². The van der Waals surface area contributed by atoms with Crippen LogP contribution in [0.25, 0.3) is 0 Å². The van der Waals surface area contributed by atoms with Crippen LogP contribution in [0, 0.1) is 5.82 Å². The number of hydrogen-bond donors (Lipinski definition) is 1. The summed E-state index contributed by atoms with van der Waals surface area (Å²) in [5.41, 5.74) is 7.16. The van der Waals surface area contributed by atoms with Gasteiger partial charge in [0.05, 0.1) is 11.4 Å². The normalized spacial score (nSPS) is 10.3. The van der Waals surface area contributed by atoms with Crippen LogP contribution in [0.5, 0.6) is 0 Å². The molecule has 0 aliphatic heterocycles. The van der Waals surface area contributed by atoms with Crippen LogP contribution in [-0.2, 0) is 0 Å². The van der Waals surface area contributed by atoms with E-state index in [0.717, 1.165) is 18.7 Å². The molecule has 0 amide bonds. The van der Waals surface area contributed by atoms with Crippen molar-refractivity contribution in [3.63, 3.8) is 0 Å². The van der Waals surface area contributed by atoms with Crippen LogP contribution in [0.2, 0.25) is 0 Å². The Bertz CT molecular complexity index is 312. The molecule has 0 bridgehead atoms. The minimum absolute atomic E-state index is 0.279. The van der Waals surface area contributed by atoms with Gasteiger partial charge in [-0.25, -0.2) is 4.39 Å². The Balaban J connectivity index is 2.61. The van der Waals surface area contributed by atoms with Crippen molar-refractivity contribution in [2.45, 2.75) is 26.2 Å². The zero-order chi connectivity index (χ0) is 11.3. The number of hydrogen-bond acceptors (Lipinski definition) is 2. The molecular weight excluding hydrogens is 191 g/mol. The van der Waals surface area contributed by atoms with Gasteiger partial charge in [0.2, 0.25) is 0 Å². The summed E-state index contributed by atoms with van der Waals surface area (Å²) in [4.78, 5) is 2.07. The van der Waals surface area contributed by atoms with Crippen LogP contribution >= 0.6 is 0 Å². The van der Waals surface area contributed by atoms with Gasteiger partial charge >= 0.3 is 0 Å². The second-order valence-electron chi connectivity index (χ2n) is 3.83. The van der Waals surface area contributed by atoms with E-state index < -0.39 is 0 Å². The second kappa shape index (κ2) is 5.59. The van der Waals surface area contributed by atoms with Crippen molar-refractivity contribution >= 4 is 11.4 Å². The first-order valence-corrected chi connectivity index (χ1v) is 5.41. The molecular formula is C12H19FN2. The Morgan fingerprint density at radius 1 is 1.33 bits per heavy atom. The van der Waals surface area contributed by atoms with E-state index in [0.29, 0.717) is 5.69 Å². The highest BCUT2D eigenvalue weighted by molar-refractivity contribution is 5.67. The van der Waals surface area contributed by atoms with Gasteiger partial charge in [-0.1, -0.05) is 19.8 Å². The lowest BCUT2D eigenvalue weighted by Gasteiger charge is -2.20. The van der Waals surface area contributed by atoms with Crippen LogP contribution in [-0.4, -0.2) is 13.6 Å². The highest BCUT2D eigenvalue weighted by Gasteiger charge is 2.05. The van der Waals surface area contributed by atoms with Crippen molar-refractivity contribution < 1.29 is 4.39 Å². The van der Waals surface area contributed by atoms with Gasteiger partial charge in [-0.05, 0) is 24.6 Å². The Morgan fingerprint density at radius 2 is 2.07 bits per heavy atom. The molecule has 0 saturated heterocycles. The summed E-state index contributed by atoms with van der Waals surface area (Å²) in [7, 11) is 1.99. The number of rotatable bonds is 5. The molecule has 0 aliphatic carbocycles. The van der Waals surface area contributed by atoms with Crippen molar-refractivity contribution in [3.05, 3.63) is 24.0 Å². The van der Waals surface area contributed by atoms with E-state index in [-0.39, 0.29) is 5.82 Å². The third kappa shape index (κ3) is 3.42. The highest BCUT2D eigenvalue weighted by Crippen LogP contribution is 2.22. The number of halogens is 1. The molecule has 0 radical (unpaired) electrons. The van der Waals surface area contributed by atoms with E-state index in [2.05, 4.69) is 11.8 Å². The molecule has 0 heterocycles. The maximum atomic E-state index is 12.8. The molecule has 0 saturated carbocycles. The molecule has 0 aromatic heterocycles. The van der Waals surface area contributed by atoms with Gasteiger partial charge in [0.1, 0.15) is 5.82 Å². The molecule has 15 heavy (non-hydrogen) atoms. The van der Waals surface area contributed by atoms with E-state index in [9.17, 15) is 4.39 Å². The van der Waals surface area contributed by atoms with Crippen LogP contribution in [0.15, 0.2) is 18.2 Å². The number of anilines is 2. The number of nitrogen functional groups attached to an aromatic ring is 1. The minimum Gasteiger partial charge on any atom is -0.397 e. The van der Waals surface area contributed by atoms with Gasteiger partial charge in [-0.3, -0.25) is 0 Å². The molecule has 0 fully saturated rings.